The summed E-state index contributed by atoms with van der Waals surface area (Å²) in [7, 11) is 3.37. The van der Waals surface area contributed by atoms with E-state index < -0.39 is 35.4 Å². The summed E-state index contributed by atoms with van der Waals surface area (Å²) in [6.45, 7) is 0. The van der Waals surface area contributed by atoms with Gasteiger partial charge in [-0.2, -0.15) is 0 Å². The highest BCUT2D eigenvalue weighted by molar-refractivity contribution is 6.31. The largest absolute Gasteiger partial charge is 0.573 e. The SMILES string of the molecule is CN(C)/C=C/C(=O)[C@@H](Cc1c(F)cccc1Cl)C(=O)c1cn(-c2ccc(OC(F)(F)F)cc2)nn1. The van der Waals surface area contributed by atoms with Crippen LogP contribution in [-0.4, -0.2) is 51.9 Å². The monoisotopic (exact) mass is 510 g/mol. The van der Waals surface area contributed by atoms with Gasteiger partial charge in [0.15, 0.2) is 11.6 Å². The summed E-state index contributed by atoms with van der Waals surface area (Å²) in [4.78, 5) is 27.7. The minimum absolute atomic E-state index is 0.00626. The van der Waals surface area contributed by atoms with Crippen LogP contribution in [0.2, 0.25) is 5.02 Å². The summed E-state index contributed by atoms with van der Waals surface area (Å²) in [5, 5.41) is 7.68. The Morgan fingerprint density at radius 2 is 1.86 bits per heavy atom. The van der Waals surface area contributed by atoms with Gasteiger partial charge in [0.2, 0.25) is 0 Å². The number of ether oxygens (including phenoxy) is 1. The lowest BCUT2D eigenvalue weighted by atomic mass is 9.89. The maximum atomic E-state index is 14.4. The molecule has 0 fully saturated rings. The Kier molecular flexibility index (Phi) is 7.90. The van der Waals surface area contributed by atoms with Gasteiger partial charge in [0.25, 0.3) is 0 Å². The first-order chi connectivity index (χ1) is 16.4. The number of ketones is 2. The lowest BCUT2D eigenvalue weighted by molar-refractivity contribution is -0.274. The standard InChI is InChI=1S/C23H19ClF4N4O3/c1-31(2)11-10-21(33)17(12-16-18(24)4-3-5-19(16)25)22(34)20-13-32(30-29-20)14-6-8-15(9-7-14)35-23(26,27)28/h3-11,13,17H,12H2,1-2H3/b11-10+/t17-/m1/s1. The van der Waals surface area contributed by atoms with Crippen LogP contribution in [0.1, 0.15) is 16.1 Å². The van der Waals surface area contributed by atoms with Crippen LogP contribution in [0.15, 0.2) is 60.9 Å². The maximum Gasteiger partial charge on any atom is 0.573 e. The third-order valence-electron chi connectivity index (χ3n) is 4.75. The van der Waals surface area contributed by atoms with E-state index in [1.807, 2.05) is 0 Å². The second kappa shape index (κ2) is 10.7. The zero-order valence-electron chi connectivity index (χ0n) is 18.5. The van der Waals surface area contributed by atoms with Gasteiger partial charge < -0.3 is 9.64 Å². The Labute approximate surface area is 202 Å². The molecule has 0 bridgehead atoms. The number of hydrogen-bond donors (Lipinski definition) is 0. The molecule has 0 N–H and O–H groups in total. The first-order valence-electron chi connectivity index (χ1n) is 10.1. The molecule has 2 aromatic carbocycles. The summed E-state index contributed by atoms with van der Waals surface area (Å²) < 4.78 is 56.4. The lowest BCUT2D eigenvalue weighted by Crippen LogP contribution is -2.26. The van der Waals surface area contributed by atoms with Crippen molar-refractivity contribution < 1.29 is 31.9 Å². The molecule has 0 aliphatic carbocycles. The van der Waals surface area contributed by atoms with Crippen LogP contribution < -0.4 is 4.74 Å². The number of aromatic nitrogens is 3. The second-order valence-corrected chi connectivity index (χ2v) is 8.00. The summed E-state index contributed by atoms with van der Waals surface area (Å²) in [5.41, 5.74) is 0.107. The zero-order valence-corrected chi connectivity index (χ0v) is 19.2. The van der Waals surface area contributed by atoms with E-state index in [1.54, 1.807) is 19.0 Å². The van der Waals surface area contributed by atoms with Crippen LogP contribution in [0, 0.1) is 11.7 Å². The fraction of sp³-hybridized carbons (Fsp3) is 0.217. The normalized spacial score (nSPS) is 12.5. The smallest absolute Gasteiger partial charge is 0.406 e. The van der Waals surface area contributed by atoms with Crippen molar-refractivity contribution in [3.8, 4) is 11.4 Å². The quantitative estimate of drug-likeness (QED) is 0.181. The van der Waals surface area contributed by atoms with Crippen LogP contribution in [0.5, 0.6) is 5.75 Å². The van der Waals surface area contributed by atoms with Gasteiger partial charge in [-0.25, -0.2) is 9.07 Å². The van der Waals surface area contributed by atoms with E-state index in [4.69, 9.17) is 11.6 Å². The van der Waals surface area contributed by atoms with Gasteiger partial charge >= 0.3 is 6.36 Å². The number of alkyl halides is 3. The van der Waals surface area contributed by atoms with Crippen molar-refractivity contribution in [3.63, 3.8) is 0 Å². The molecule has 7 nitrogen and oxygen atoms in total. The maximum absolute atomic E-state index is 14.4. The number of rotatable bonds is 9. The number of Topliss-reactive ketones (excluding diaryl/α,β-unsaturated/α-hetero) is 1. The molecule has 0 aliphatic heterocycles. The topological polar surface area (TPSA) is 77.3 Å². The molecular formula is C23H19ClF4N4O3. The number of benzene rings is 2. The molecule has 1 heterocycles. The predicted octanol–water partition coefficient (Wildman–Crippen LogP) is 4.64. The number of hydrogen-bond acceptors (Lipinski definition) is 6. The first kappa shape index (κ1) is 25.9. The fourth-order valence-electron chi connectivity index (χ4n) is 3.07. The van der Waals surface area contributed by atoms with E-state index in [-0.39, 0.29) is 22.7 Å². The molecule has 35 heavy (non-hydrogen) atoms. The lowest BCUT2D eigenvalue weighted by Gasteiger charge is -2.14. The molecule has 3 aromatic rings. The fourth-order valence-corrected chi connectivity index (χ4v) is 3.31. The highest BCUT2D eigenvalue weighted by Gasteiger charge is 2.32. The Morgan fingerprint density at radius 1 is 1.17 bits per heavy atom. The van der Waals surface area contributed by atoms with E-state index in [1.165, 1.54) is 48.8 Å². The molecule has 1 aromatic heterocycles. The first-order valence-corrected chi connectivity index (χ1v) is 10.5. The van der Waals surface area contributed by atoms with E-state index >= 15 is 0 Å². The molecule has 0 saturated carbocycles. The average molecular weight is 511 g/mol. The van der Waals surface area contributed by atoms with Crippen molar-refractivity contribution >= 4 is 23.2 Å². The van der Waals surface area contributed by atoms with Gasteiger partial charge in [-0.15, -0.1) is 18.3 Å². The van der Waals surface area contributed by atoms with Crippen molar-refractivity contribution in [2.24, 2.45) is 5.92 Å². The van der Waals surface area contributed by atoms with E-state index in [0.717, 1.165) is 16.8 Å². The molecule has 3 rings (SSSR count). The third-order valence-corrected chi connectivity index (χ3v) is 5.10. The van der Waals surface area contributed by atoms with Crippen molar-refractivity contribution in [2.45, 2.75) is 12.8 Å². The summed E-state index contributed by atoms with van der Waals surface area (Å²) in [6, 6.07) is 8.74. The van der Waals surface area contributed by atoms with Gasteiger partial charge in [0.05, 0.1) is 17.8 Å². The molecule has 0 spiro atoms. The van der Waals surface area contributed by atoms with E-state index in [0.29, 0.717) is 5.69 Å². The summed E-state index contributed by atoms with van der Waals surface area (Å²) >= 11 is 6.09. The number of nitrogens with zero attached hydrogens (tertiary/aromatic N) is 4. The molecule has 0 amide bonds. The zero-order chi connectivity index (χ0) is 25.8. The van der Waals surface area contributed by atoms with E-state index in [9.17, 15) is 27.2 Å². The summed E-state index contributed by atoms with van der Waals surface area (Å²) in [5.74, 6) is -3.75. The van der Waals surface area contributed by atoms with Crippen LogP contribution >= 0.6 is 11.6 Å². The third kappa shape index (κ3) is 6.89. The number of halogens is 5. The Bertz CT molecular complexity index is 1220. The second-order valence-electron chi connectivity index (χ2n) is 7.59. The minimum Gasteiger partial charge on any atom is -0.406 e. The number of allylic oxidation sites excluding steroid dienone is 1. The van der Waals surface area contributed by atoms with Gasteiger partial charge in [-0.3, -0.25) is 9.59 Å². The van der Waals surface area contributed by atoms with Gasteiger partial charge in [-0.1, -0.05) is 22.9 Å². The van der Waals surface area contributed by atoms with Crippen LogP contribution in [0.4, 0.5) is 17.6 Å². The predicted molar refractivity (Wildman–Crippen MR) is 119 cm³/mol. The van der Waals surface area contributed by atoms with Crippen LogP contribution in [0.3, 0.4) is 0 Å². The Morgan fingerprint density at radius 3 is 2.46 bits per heavy atom. The highest BCUT2D eigenvalue weighted by atomic mass is 35.5. The molecule has 0 saturated heterocycles. The number of carbonyl (C=O) groups is 2. The van der Waals surface area contributed by atoms with Crippen LogP contribution in [-0.2, 0) is 11.2 Å². The van der Waals surface area contributed by atoms with Crippen molar-refractivity contribution in [1.82, 2.24) is 19.9 Å². The molecule has 1 atom stereocenters. The average Bonchev–Trinajstić information content (AvgIpc) is 3.27. The van der Waals surface area contributed by atoms with Gasteiger partial charge in [0.1, 0.15) is 17.3 Å². The van der Waals surface area contributed by atoms with Crippen molar-refractivity contribution in [2.75, 3.05) is 14.1 Å². The van der Waals surface area contributed by atoms with Crippen molar-refractivity contribution in [3.05, 3.63) is 83.0 Å². The number of carbonyl (C=O) groups excluding carboxylic acids is 2. The Hall–Kier alpha value is -3.73. The van der Waals surface area contributed by atoms with Gasteiger partial charge in [-0.05, 0) is 48.9 Å². The molecule has 0 radical (unpaired) electrons. The molecule has 12 heteroatoms. The van der Waals surface area contributed by atoms with Crippen molar-refractivity contribution in [1.29, 1.82) is 0 Å². The van der Waals surface area contributed by atoms with Gasteiger partial charge in [0, 0.05) is 30.9 Å². The molecule has 184 valence electrons. The molecule has 0 aliphatic rings. The summed E-state index contributed by atoms with van der Waals surface area (Å²) in [6.07, 6.45) is -1.27. The van der Waals surface area contributed by atoms with Crippen LogP contribution in [0.25, 0.3) is 5.69 Å². The minimum atomic E-state index is -4.84. The Balaban J connectivity index is 1.88. The van der Waals surface area contributed by atoms with E-state index in [2.05, 4.69) is 15.0 Å². The molecular weight excluding hydrogens is 492 g/mol. The highest BCUT2D eigenvalue weighted by Crippen LogP contribution is 2.26. The molecule has 0 unspecified atom stereocenters.